The summed E-state index contributed by atoms with van der Waals surface area (Å²) in [6.45, 7) is 2.74. The van der Waals surface area contributed by atoms with Crippen LogP contribution in [-0.2, 0) is 0 Å². The molecule has 1 aliphatic heterocycles. The minimum Gasteiger partial charge on any atom is -0.497 e. The molecule has 0 bridgehead atoms. The van der Waals surface area contributed by atoms with Gasteiger partial charge in [0.1, 0.15) is 11.5 Å². The Hall–Kier alpha value is -3.77. The molecular formula is C28H26ClN3O3. The zero-order valence-electron chi connectivity index (χ0n) is 19.7. The van der Waals surface area contributed by atoms with Gasteiger partial charge in [0.15, 0.2) is 0 Å². The highest BCUT2D eigenvalue weighted by molar-refractivity contribution is 6.30. The van der Waals surface area contributed by atoms with Crippen molar-refractivity contribution in [2.45, 2.75) is 0 Å². The molecule has 0 saturated carbocycles. The lowest BCUT2D eigenvalue weighted by atomic mass is 10.0. The molecule has 0 aliphatic carbocycles. The van der Waals surface area contributed by atoms with Gasteiger partial charge in [0.2, 0.25) is 0 Å². The van der Waals surface area contributed by atoms with E-state index in [0.29, 0.717) is 40.9 Å². The normalized spacial score (nSPS) is 13.7. The van der Waals surface area contributed by atoms with Crippen molar-refractivity contribution in [1.29, 1.82) is 0 Å². The highest BCUT2D eigenvalue weighted by atomic mass is 35.5. The molecule has 35 heavy (non-hydrogen) atoms. The van der Waals surface area contributed by atoms with Gasteiger partial charge in [0.25, 0.3) is 5.91 Å². The Morgan fingerprint density at radius 3 is 2.43 bits per heavy atom. The van der Waals surface area contributed by atoms with Crippen LogP contribution in [-0.4, -0.2) is 56.2 Å². The number of anilines is 1. The first kappa shape index (κ1) is 23.0. The van der Waals surface area contributed by atoms with E-state index in [1.54, 1.807) is 14.2 Å². The molecule has 178 valence electrons. The Morgan fingerprint density at radius 1 is 0.886 bits per heavy atom. The van der Waals surface area contributed by atoms with Crippen LogP contribution >= 0.6 is 11.6 Å². The number of halogens is 1. The minimum absolute atomic E-state index is 0.00285. The molecule has 1 aliphatic rings. The Balaban J connectivity index is 1.47. The molecule has 4 aromatic rings. The van der Waals surface area contributed by atoms with Crippen LogP contribution in [0.2, 0.25) is 5.02 Å². The maximum atomic E-state index is 13.8. The fourth-order valence-electron chi connectivity index (χ4n) is 4.51. The zero-order valence-corrected chi connectivity index (χ0v) is 20.5. The summed E-state index contributed by atoms with van der Waals surface area (Å²) >= 11 is 6.17. The number of benzene rings is 3. The van der Waals surface area contributed by atoms with E-state index in [1.807, 2.05) is 77.7 Å². The molecule has 0 radical (unpaired) electrons. The summed E-state index contributed by atoms with van der Waals surface area (Å²) in [7, 11) is 3.23. The Kier molecular flexibility index (Phi) is 6.47. The molecule has 0 atom stereocenters. The van der Waals surface area contributed by atoms with Crippen LogP contribution in [0.3, 0.4) is 0 Å². The predicted molar refractivity (Wildman–Crippen MR) is 140 cm³/mol. The van der Waals surface area contributed by atoms with Crippen molar-refractivity contribution in [3.63, 3.8) is 0 Å². The molecule has 5 rings (SSSR count). The molecule has 2 heterocycles. The molecule has 1 aromatic heterocycles. The van der Waals surface area contributed by atoms with Crippen molar-refractivity contribution in [1.82, 2.24) is 9.88 Å². The molecule has 0 N–H and O–H groups in total. The molecule has 6 nitrogen and oxygen atoms in total. The number of piperazine rings is 1. The van der Waals surface area contributed by atoms with E-state index in [1.165, 1.54) is 0 Å². The van der Waals surface area contributed by atoms with Gasteiger partial charge in [0.05, 0.1) is 31.0 Å². The minimum atomic E-state index is 0.00285. The second-order valence-electron chi connectivity index (χ2n) is 8.40. The third-order valence-electron chi connectivity index (χ3n) is 6.37. The van der Waals surface area contributed by atoms with E-state index in [9.17, 15) is 4.79 Å². The number of pyridine rings is 1. The van der Waals surface area contributed by atoms with Crippen LogP contribution in [0.4, 0.5) is 5.69 Å². The summed E-state index contributed by atoms with van der Waals surface area (Å²) in [5, 5.41) is 1.55. The SMILES string of the molecule is COc1ccc(-c2cc(C(=O)N3CCN(c4cccc(Cl)c4)CC3)c3ccccc3n2)c(OC)c1. The summed E-state index contributed by atoms with van der Waals surface area (Å²) in [5.74, 6) is 1.34. The van der Waals surface area contributed by atoms with Gasteiger partial charge in [-0.1, -0.05) is 35.9 Å². The van der Waals surface area contributed by atoms with E-state index in [4.69, 9.17) is 26.1 Å². The van der Waals surface area contributed by atoms with Crippen molar-refractivity contribution in [3.8, 4) is 22.8 Å². The highest BCUT2D eigenvalue weighted by Gasteiger charge is 2.25. The van der Waals surface area contributed by atoms with Gasteiger partial charge in [-0.25, -0.2) is 4.98 Å². The molecule has 0 spiro atoms. The van der Waals surface area contributed by atoms with Crippen molar-refractivity contribution in [2.75, 3.05) is 45.3 Å². The van der Waals surface area contributed by atoms with Gasteiger partial charge in [0, 0.05) is 53.9 Å². The standard InChI is InChI=1S/C28H26ClN3O3/c1-34-21-10-11-23(27(17-21)35-2)26-18-24(22-8-3-4-9-25(22)30-26)28(33)32-14-12-31(13-15-32)20-7-5-6-19(29)16-20/h3-11,16-18H,12-15H2,1-2H3. The molecule has 1 saturated heterocycles. The van der Waals surface area contributed by atoms with Crippen LogP contribution in [0, 0.1) is 0 Å². The second-order valence-corrected chi connectivity index (χ2v) is 8.83. The van der Waals surface area contributed by atoms with E-state index in [2.05, 4.69) is 4.90 Å². The fraction of sp³-hybridized carbons (Fsp3) is 0.214. The Labute approximate surface area is 209 Å². The first-order valence-corrected chi connectivity index (χ1v) is 11.9. The number of rotatable bonds is 5. The number of hydrogen-bond donors (Lipinski definition) is 0. The Bertz CT molecular complexity index is 1380. The van der Waals surface area contributed by atoms with Crippen LogP contribution in [0.15, 0.2) is 72.8 Å². The van der Waals surface area contributed by atoms with Crippen LogP contribution in [0.5, 0.6) is 11.5 Å². The van der Waals surface area contributed by atoms with Gasteiger partial charge in [-0.3, -0.25) is 4.79 Å². The summed E-state index contributed by atoms with van der Waals surface area (Å²) in [6.07, 6.45) is 0. The fourth-order valence-corrected chi connectivity index (χ4v) is 4.70. The Morgan fingerprint density at radius 2 is 1.69 bits per heavy atom. The lowest BCUT2D eigenvalue weighted by Gasteiger charge is -2.36. The van der Waals surface area contributed by atoms with Gasteiger partial charge < -0.3 is 19.3 Å². The van der Waals surface area contributed by atoms with E-state index in [-0.39, 0.29) is 5.91 Å². The maximum Gasteiger partial charge on any atom is 0.254 e. The summed E-state index contributed by atoms with van der Waals surface area (Å²) in [6, 6.07) is 23.1. The van der Waals surface area contributed by atoms with E-state index >= 15 is 0 Å². The number of carbonyl (C=O) groups is 1. The monoisotopic (exact) mass is 487 g/mol. The van der Waals surface area contributed by atoms with E-state index < -0.39 is 0 Å². The predicted octanol–water partition coefficient (Wildman–Crippen LogP) is 5.53. The van der Waals surface area contributed by atoms with Crippen LogP contribution in [0.25, 0.3) is 22.2 Å². The zero-order chi connectivity index (χ0) is 24.4. The van der Waals surface area contributed by atoms with Crippen LogP contribution < -0.4 is 14.4 Å². The van der Waals surface area contributed by atoms with Gasteiger partial charge in [-0.15, -0.1) is 0 Å². The second kappa shape index (κ2) is 9.84. The van der Waals surface area contributed by atoms with Crippen LogP contribution in [0.1, 0.15) is 10.4 Å². The quantitative estimate of drug-likeness (QED) is 0.370. The summed E-state index contributed by atoms with van der Waals surface area (Å²) in [4.78, 5) is 22.8. The first-order valence-electron chi connectivity index (χ1n) is 11.5. The van der Waals surface area contributed by atoms with E-state index in [0.717, 1.165) is 35.2 Å². The van der Waals surface area contributed by atoms with Crippen molar-refractivity contribution in [2.24, 2.45) is 0 Å². The van der Waals surface area contributed by atoms with Gasteiger partial charge in [-0.05, 0) is 42.5 Å². The molecule has 3 aromatic carbocycles. The number of aromatic nitrogens is 1. The lowest BCUT2D eigenvalue weighted by molar-refractivity contribution is 0.0748. The third-order valence-corrected chi connectivity index (χ3v) is 6.61. The topological polar surface area (TPSA) is 54.9 Å². The average molecular weight is 488 g/mol. The first-order chi connectivity index (χ1) is 17.1. The highest BCUT2D eigenvalue weighted by Crippen LogP contribution is 2.34. The van der Waals surface area contributed by atoms with Gasteiger partial charge in [-0.2, -0.15) is 0 Å². The van der Waals surface area contributed by atoms with Gasteiger partial charge >= 0.3 is 0 Å². The number of ether oxygens (including phenoxy) is 2. The van der Waals surface area contributed by atoms with Crippen molar-refractivity contribution >= 4 is 34.1 Å². The molecule has 0 unspecified atom stereocenters. The summed E-state index contributed by atoms with van der Waals surface area (Å²) in [5.41, 5.74) is 3.97. The smallest absolute Gasteiger partial charge is 0.254 e. The number of fused-ring (bicyclic) bond motifs is 1. The molecule has 1 amide bonds. The number of hydrogen-bond acceptors (Lipinski definition) is 5. The molecule has 1 fully saturated rings. The number of amides is 1. The van der Waals surface area contributed by atoms with Crippen molar-refractivity contribution < 1.29 is 14.3 Å². The maximum absolute atomic E-state index is 13.8. The third kappa shape index (κ3) is 4.62. The molecular weight excluding hydrogens is 462 g/mol. The number of para-hydroxylation sites is 1. The number of methoxy groups -OCH3 is 2. The van der Waals surface area contributed by atoms with Crippen molar-refractivity contribution in [3.05, 3.63) is 83.4 Å². The lowest BCUT2D eigenvalue weighted by Crippen LogP contribution is -2.48. The average Bonchev–Trinajstić information content (AvgIpc) is 2.91. The summed E-state index contributed by atoms with van der Waals surface area (Å²) < 4.78 is 10.9. The number of nitrogens with zero attached hydrogens (tertiary/aromatic N) is 3. The number of carbonyl (C=O) groups excluding carboxylic acids is 1. The largest absolute Gasteiger partial charge is 0.497 e. The molecule has 7 heteroatoms.